The van der Waals surface area contributed by atoms with E-state index in [1.807, 2.05) is 0 Å². The lowest BCUT2D eigenvalue weighted by Gasteiger charge is -2.18. The first-order valence-electron chi connectivity index (χ1n) is 13.8. The van der Waals surface area contributed by atoms with Crippen molar-refractivity contribution < 1.29 is 0 Å². The molecule has 0 fully saturated rings. The average Bonchev–Trinajstić information content (AvgIpc) is 3.04. The Kier molecular flexibility index (Phi) is 6.32. The second-order valence-electron chi connectivity index (χ2n) is 10.2. The molecule has 0 aliphatic carbocycles. The highest BCUT2D eigenvalue weighted by Gasteiger charge is 2.15. The minimum absolute atomic E-state index is 0.829. The summed E-state index contributed by atoms with van der Waals surface area (Å²) in [5, 5.41) is 8.59. The molecule has 190 valence electrons. The van der Waals surface area contributed by atoms with Crippen LogP contribution in [-0.2, 0) is 0 Å². The van der Waals surface area contributed by atoms with Gasteiger partial charge in [0.15, 0.2) is 0 Å². The van der Waals surface area contributed by atoms with E-state index in [-0.39, 0.29) is 0 Å². The maximum absolute atomic E-state index is 3.48. The summed E-state index contributed by atoms with van der Waals surface area (Å²) >= 11 is 0. The molecule has 0 bridgehead atoms. The minimum Gasteiger partial charge on any atom is -0.387 e. The highest BCUT2D eigenvalue weighted by molar-refractivity contribution is 6.06. The van der Waals surface area contributed by atoms with Crippen LogP contribution in [0.1, 0.15) is 16.7 Å². The van der Waals surface area contributed by atoms with Gasteiger partial charge in [-0.2, -0.15) is 0 Å². The van der Waals surface area contributed by atoms with Crippen LogP contribution < -0.4 is 15.8 Å². The van der Waals surface area contributed by atoms with Crippen molar-refractivity contribution in [3.63, 3.8) is 0 Å². The summed E-state index contributed by atoms with van der Waals surface area (Å²) in [7, 11) is 0. The van der Waals surface area contributed by atoms with Crippen LogP contribution in [0, 0.1) is 0 Å². The van der Waals surface area contributed by atoms with E-state index < -0.39 is 0 Å². The summed E-state index contributed by atoms with van der Waals surface area (Å²) in [5.41, 5.74) is 9.88. The van der Waals surface area contributed by atoms with Crippen LogP contribution >= 0.6 is 0 Å². The molecule has 0 spiro atoms. The van der Waals surface area contributed by atoms with Crippen LogP contribution in [0.2, 0.25) is 0 Å². The van der Waals surface area contributed by atoms with Crippen LogP contribution in [0.5, 0.6) is 0 Å². The van der Waals surface area contributed by atoms with Crippen LogP contribution in [0.3, 0.4) is 0 Å². The summed E-state index contributed by atoms with van der Waals surface area (Å²) in [6.07, 6.45) is 6.82. The lowest BCUT2D eigenvalue weighted by Crippen LogP contribution is -2.36. The van der Waals surface area contributed by atoms with Gasteiger partial charge in [-0.25, -0.2) is 0 Å². The fourth-order valence-electron chi connectivity index (χ4n) is 5.87. The van der Waals surface area contributed by atoms with E-state index in [9.17, 15) is 0 Å². The monoisotopic (exact) mass is 511 g/mol. The fourth-order valence-corrected chi connectivity index (χ4v) is 5.87. The molecule has 1 N–H and O–H groups in total. The average molecular weight is 512 g/mol. The maximum Gasteiger partial charge on any atom is 0.0334 e. The van der Waals surface area contributed by atoms with E-state index >= 15 is 0 Å². The second kappa shape index (κ2) is 10.6. The van der Waals surface area contributed by atoms with E-state index in [1.165, 1.54) is 65.7 Å². The standard InChI is InChI=1S/C39H29N/c1-4-12-29(13-5-1)36(30-14-6-2-7-15-30)26-28-20-22-32(23-21-28)39-34-19-11-10-18-33(34)38(31-16-8-3-9-17-31)35-24-25-40-27-37(35)39/h1-24,26-27,40H,25H2. The van der Waals surface area contributed by atoms with Gasteiger partial charge in [-0.05, 0) is 66.6 Å². The number of hydrogen-bond acceptors (Lipinski definition) is 1. The van der Waals surface area contributed by atoms with Crippen molar-refractivity contribution in [2.75, 3.05) is 6.54 Å². The highest BCUT2D eigenvalue weighted by Crippen LogP contribution is 2.32. The zero-order valence-corrected chi connectivity index (χ0v) is 22.2. The predicted octanol–water partition coefficient (Wildman–Crippen LogP) is 7.88. The molecular weight excluding hydrogens is 482 g/mol. The van der Waals surface area contributed by atoms with Gasteiger partial charge in [-0.3, -0.25) is 0 Å². The van der Waals surface area contributed by atoms with Gasteiger partial charge in [-0.1, -0.05) is 146 Å². The Morgan fingerprint density at radius 3 is 1.60 bits per heavy atom. The first kappa shape index (κ1) is 23.9. The molecule has 1 aliphatic rings. The fraction of sp³-hybridized carbons (Fsp3) is 0.0256. The lowest BCUT2D eigenvalue weighted by atomic mass is 9.87. The van der Waals surface area contributed by atoms with Crippen LogP contribution in [-0.4, -0.2) is 6.54 Å². The highest BCUT2D eigenvalue weighted by atomic mass is 14.8. The van der Waals surface area contributed by atoms with Gasteiger partial charge in [0.2, 0.25) is 0 Å². The second-order valence-corrected chi connectivity index (χ2v) is 10.2. The zero-order chi connectivity index (χ0) is 26.7. The Labute approximate surface area is 235 Å². The number of benzene rings is 6. The van der Waals surface area contributed by atoms with Crippen molar-refractivity contribution >= 4 is 34.7 Å². The molecule has 0 saturated carbocycles. The Hall–Kier alpha value is -5.14. The van der Waals surface area contributed by atoms with E-state index in [2.05, 4.69) is 163 Å². The minimum atomic E-state index is 0.829. The third-order valence-electron chi connectivity index (χ3n) is 7.71. The zero-order valence-electron chi connectivity index (χ0n) is 22.2. The Morgan fingerprint density at radius 2 is 1.00 bits per heavy atom. The van der Waals surface area contributed by atoms with Crippen molar-refractivity contribution in [3.8, 4) is 22.3 Å². The van der Waals surface area contributed by atoms with Gasteiger partial charge >= 0.3 is 0 Å². The third kappa shape index (κ3) is 4.42. The molecule has 0 amide bonds. The molecule has 0 unspecified atom stereocenters. The number of fused-ring (bicyclic) bond motifs is 2. The van der Waals surface area contributed by atoms with Gasteiger partial charge in [-0.15, -0.1) is 0 Å². The maximum atomic E-state index is 3.48. The van der Waals surface area contributed by atoms with Crippen molar-refractivity contribution in [2.45, 2.75) is 0 Å². The van der Waals surface area contributed by atoms with Gasteiger partial charge in [0.1, 0.15) is 0 Å². The largest absolute Gasteiger partial charge is 0.387 e. The molecule has 1 heterocycles. The lowest BCUT2D eigenvalue weighted by molar-refractivity contribution is 1.06. The molecule has 1 nitrogen and oxygen atoms in total. The smallest absolute Gasteiger partial charge is 0.0334 e. The Bertz CT molecular complexity index is 1910. The van der Waals surface area contributed by atoms with Gasteiger partial charge < -0.3 is 5.32 Å². The van der Waals surface area contributed by atoms with Crippen molar-refractivity contribution in [1.82, 2.24) is 5.32 Å². The van der Waals surface area contributed by atoms with Crippen LogP contribution in [0.4, 0.5) is 0 Å². The quantitative estimate of drug-likeness (QED) is 0.232. The first-order chi connectivity index (χ1) is 19.9. The van der Waals surface area contributed by atoms with Crippen molar-refractivity contribution in [2.24, 2.45) is 0 Å². The molecular formula is C39H29N. The molecule has 40 heavy (non-hydrogen) atoms. The summed E-state index contributed by atoms with van der Waals surface area (Å²) in [5.74, 6) is 0. The number of nitrogens with one attached hydrogen (secondary N) is 1. The SMILES string of the molecule is C(=C(c1ccccc1)c1ccccc1)c1ccc(-c2c3c(c(-c4ccccc4)c4ccccc24)=CCNC=3)cc1. The van der Waals surface area contributed by atoms with E-state index in [0.29, 0.717) is 0 Å². The van der Waals surface area contributed by atoms with Crippen LogP contribution in [0.15, 0.2) is 140 Å². The van der Waals surface area contributed by atoms with Crippen molar-refractivity contribution in [3.05, 3.63) is 167 Å². The molecule has 0 aromatic heterocycles. The summed E-state index contributed by atoms with van der Waals surface area (Å²) in [4.78, 5) is 0. The molecule has 7 rings (SSSR count). The van der Waals surface area contributed by atoms with Crippen LogP contribution in [0.25, 0.3) is 57.0 Å². The summed E-state index contributed by atoms with van der Waals surface area (Å²) in [6, 6.07) is 49.9. The first-order valence-corrected chi connectivity index (χ1v) is 13.8. The molecule has 0 saturated heterocycles. The Balaban J connectivity index is 1.40. The summed E-state index contributed by atoms with van der Waals surface area (Å²) in [6.45, 7) is 0.829. The predicted molar refractivity (Wildman–Crippen MR) is 171 cm³/mol. The molecule has 0 atom stereocenters. The third-order valence-corrected chi connectivity index (χ3v) is 7.71. The van der Waals surface area contributed by atoms with Gasteiger partial charge in [0.25, 0.3) is 0 Å². The number of hydrogen-bond donors (Lipinski definition) is 1. The normalized spacial score (nSPS) is 12.0. The molecule has 6 aromatic carbocycles. The topological polar surface area (TPSA) is 12.0 Å². The number of rotatable bonds is 5. The molecule has 6 aromatic rings. The molecule has 1 aliphatic heterocycles. The van der Waals surface area contributed by atoms with Crippen molar-refractivity contribution in [1.29, 1.82) is 0 Å². The molecule has 0 radical (unpaired) electrons. The van der Waals surface area contributed by atoms with Gasteiger partial charge in [0, 0.05) is 18.0 Å². The van der Waals surface area contributed by atoms with E-state index in [0.717, 1.165) is 6.54 Å². The van der Waals surface area contributed by atoms with E-state index in [4.69, 9.17) is 0 Å². The Morgan fingerprint density at radius 1 is 0.500 bits per heavy atom. The van der Waals surface area contributed by atoms with Gasteiger partial charge in [0.05, 0.1) is 0 Å². The van der Waals surface area contributed by atoms with E-state index in [1.54, 1.807) is 0 Å². The molecule has 1 heteroatoms. The summed E-state index contributed by atoms with van der Waals surface area (Å²) < 4.78 is 0.